The van der Waals surface area contributed by atoms with Gasteiger partial charge in [0, 0.05) is 13.6 Å². The third kappa shape index (κ3) is 6.73. The number of hydrogen-bond donors (Lipinski definition) is 0. The number of carbonyl (C=O) groups excluding carboxylic acids is 1. The van der Waals surface area contributed by atoms with Crippen molar-refractivity contribution in [2.75, 3.05) is 26.7 Å². The summed E-state index contributed by atoms with van der Waals surface area (Å²) >= 11 is 12.5. The first-order valence-corrected chi connectivity index (χ1v) is 13.6. The molecule has 1 saturated heterocycles. The fraction of sp³-hybridized carbons (Fsp3) is 0.387. The van der Waals surface area contributed by atoms with Crippen molar-refractivity contribution in [1.82, 2.24) is 9.80 Å². The topological polar surface area (TPSA) is 23.6 Å². The van der Waals surface area contributed by atoms with E-state index in [-0.39, 0.29) is 23.1 Å². The van der Waals surface area contributed by atoms with Crippen LogP contribution in [0, 0.1) is 12.7 Å². The number of likely N-dealkylation sites (tertiary alicyclic amines) is 1. The van der Waals surface area contributed by atoms with E-state index in [2.05, 4.69) is 18.7 Å². The molecule has 4 rings (SSSR count). The lowest BCUT2D eigenvalue weighted by Gasteiger charge is -2.41. The van der Waals surface area contributed by atoms with Gasteiger partial charge in [0.15, 0.2) is 0 Å². The summed E-state index contributed by atoms with van der Waals surface area (Å²) in [7, 11) is 1.85. The zero-order valence-electron chi connectivity index (χ0n) is 21.8. The maximum atomic E-state index is 14.0. The van der Waals surface area contributed by atoms with Gasteiger partial charge in [0.2, 0.25) is 5.91 Å². The first kappa shape index (κ1) is 27.6. The molecule has 1 fully saturated rings. The number of carbonyl (C=O) groups is 1. The van der Waals surface area contributed by atoms with Crippen LogP contribution in [0.25, 0.3) is 0 Å². The van der Waals surface area contributed by atoms with Crippen LogP contribution in [0.1, 0.15) is 54.4 Å². The van der Waals surface area contributed by atoms with Crippen molar-refractivity contribution in [3.05, 3.63) is 105 Å². The number of amides is 1. The molecule has 0 aliphatic carbocycles. The number of halogens is 3. The normalized spacial score (nSPS) is 16.4. The second-order valence-electron chi connectivity index (χ2n) is 10.6. The molecule has 1 heterocycles. The lowest BCUT2D eigenvalue weighted by atomic mass is 9.73. The fourth-order valence-corrected chi connectivity index (χ4v) is 5.77. The minimum Gasteiger partial charge on any atom is -0.341 e. The molecule has 37 heavy (non-hydrogen) atoms. The molecule has 0 bridgehead atoms. The average Bonchev–Trinajstić information content (AvgIpc) is 2.89. The largest absolute Gasteiger partial charge is 0.341 e. The Morgan fingerprint density at radius 3 is 2.41 bits per heavy atom. The summed E-state index contributed by atoms with van der Waals surface area (Å²) < 4.78 is 14.0. The summed E-state index contributed by atoms with van der Waals surface area (Å²) in [5.41, 5.74) is 4.19. The predicted octanol–water partition coefficient (Wildman–Crippen LogP) is 7.63. The third-order valence-corrected chi connectivity index (χ3v) is 8.57. The molecule has 1 aliphatic heterocycles. The zero-order chi connectivity index (χ0) is 26.6. The molecule has 1 unspecified atom stereocenters. The van der Waals surface area contributed by atoms with Crippen molar-refractivity contribution in [2.45, 2.75) is 51.0 Å². The highest BCUT2D eigenvalue weighted by Gasteiger charge is 2.34. The van der Waals surface area contributed by atoms with Crippen LogP contribution >= 0.6 is 23.2 Å². The molecule has 0 radical (unpaired) electrons. The second kappa shape index (κ2) is 12.0. The summed E-state index contributed by atoms with van der Waals surface area (Å²) in [6, 6.07) is 20.6. The zero-order valence-corrected chi connectivity index (χ0v) is 23.3. The van der Waals surface area contributed by atoms with E-state index in [9.17, 15) is 9.18 Å². The maximum Gasteiger partial charge on any atom is 0.230 e. The molecule has 1 atom stereocenters. The van der Waals surface area contributed by atoms with Gasteiger partial charge in [0.1, 0.15) is 5.82 Å². The van der Waals surface area contributed by atoms with E-state index in [0.29, 0.717) is 23.0 Å². The van der Waals surface area contributed by atoms with Crippen LogP contribution in [0.3, 0.4) is 0 Å². The molecule has 3 aromatic rings. The third-order valence-electron chi connectivity index (χ3n) is 7.83. The Bertz CT molecular complexity index is 1230. The average molecular weight is 542 g/mol. The lowest BCUT2D eigenvalue weighted by Crippen LogP contribution is -2.42. The van der Waals surface area contributed by atoms with E-state index in [0.717, 1.165) is 54.7 Å². The van der Waals surface area contributed by atoms with Gasteiger partial charge in [0.05, 0.1) is 16.0 Å². The number of aryl methyl sites for hydroxylation is 1. The molecular formula is C31H35Cl2FN2O. The van der Waals surface area contributed by atoms with Crippen molar-refractivity contribution < 1.29 is 9.18 Å². The molecule has 3 aromatic carbocycles. The molecule has 0 N–H and O–H groups in total. The van der Waals surface area contributed by atoms with Crippen molar-refractivity contribution in [1.29, 1.82) is 0 Å². The minimum atomic E-state index is -0.317. The Morgan fingerprint density at radius 1 is 1.03 bits per heavy atom. The van der Waals surface area contributed by atoms with Crippen LogP contribution in [0.4, 0.5) is 4.39 Å². The molecule has 0 saturated carbocycles. The van der Waals surface area contributed by atoms with Gasteiger partial charge in [0.25, 0.3) is 0 Å². The van der Waals surface area contributed by atoms with E-state index < -0.39 is 0 Å². The Morgan fingerprint density at radius 2 is 1.73 bits per heavy atom. The van der Waals surface area contributed by atoms with Crippen LogP contribution in [0.5, 0.6) is 0 Å². The van der Waals surface area contributed by atoms with Crippen molar-refractivity contribution in [3.63, 3.8) is 0 Å². The lowest BCUT2D eigenvalue weighted by molar-refractivity contribution is -0.132. The van der Waals surface area contributed by atoms with E-state index in [1.807, 2.05) is 55.6 Å². The van der Waals surface area contributed by atoms with Gasteiger partial charge in [-0.1, -0.05) is 72.6 Å². The number of piperidine rings is 1. The smallest absolute Gasteiger partial charge is 0.230 e. The summed E-state index contributed by atoms with van der Waals surface area (Å²) in [6.07, 6.45) is 2.60. The molecule has 0 aromatic heterocycles. The molecule has 0 spiro atoms. The molecule has 3 nitrogen and oxygen atoms in total. The van der Waals surface area contributed by atoms with E-state index in [1.165, 1.54) is 6.07 Å². The summed E-state index contributed by atoms with van der Waals surface area (Å²) in [5, 5.41) is 0.944. The highest BCUT2D eigenvalue weighted by molar-refractivity contribution is 6.42. The number of nitrogens with zero attached hydrogens (tertiary/aromatic N) is 2. The predicted molar refractivity (Wildman–Crippen MR) is 151 cm³/mol. The van der Waals surface area contributed by atoms with Crippen LogP contribution in [0.15, 0.2) is 66.7 Å². The van der Waals surface area contributed by atoms with Crippen LogP contribution in [-0.4, -0.2) is 42.4 Å². The SMILES string of the molecule is Cc1ccc(F)cc1C1(C)CCN(CCC(C(=O)N(C)Cc2ccccc2)c2ccc(Cl)c(Cl)c2)CC1. The Balaban J connectivity index is 1.45. The number of likely N-dealkylation sites (N-methyl/N-ethyl adjacent to an activating group) is 1. The van der Waals surface area contributed by atoms with E-state index in [4.69, 9.17) is 23.2 Å². The molecular weight excluding hydrogens is 506 g/mol. The summed E-state index contributed by atoms with van der Waals surface area (Å²) in [5.74, 6) is -0.423. The van der Waals surface area contributed by atoms with Gasteiger partial charge in [-0.2, -0.15) is 0 Å². The standard InChI is InChI=1S/C31H35Cl2FN2O/c1-22-9-11-25(34)20-27(22)31(2)14-17-36(18-15-31)16-13-26(24-10-12-28(32)29(33)19-24)30(37)35(3)21-23-7-5-4-6-8-23/h4-12,19-20,26H,13-18,21H2,1-3H3. The highest BCUT2D eigenvalue weighted by atomic mass is 35.5. The van der Waals surface area contributed by atoms with Gasteiger partial charge < -0.3 is 9.80 Å². The quantitative estimate of drug-likeness (QED) is 0.293. The number of rotatable bonds is 8. The fourth-order valence-electron chi connectivity index (χ4n) is 5.46. The Hall–Kier alpha value is -2.40. The minimum absolute atomic E-state index is 0.0441. The summed E-state index contributed by atoms with van der Waals surface area (Å²) in [4.78, 5) is 17.9. The van der Waals surface area contributed by atoms with Gasteiger partial charge in [-0.15, -0.1) is 0 Å². The highest BCUT2D eigenvalue weighted by Crippen LogP contribution is 2.38. The monoisotopic (exact) mass is 540 g/mol. The van der Waals surface area contributed by atoms with Crippen molar-refractivity contribution in [3.8, 4) is 0 Å². The molecule has 196 valence electrons. The Labute approximate surface area is 230 Å². The first-order chi connectivity index (χ1) is 17.7. The van der Waals surface area contributed by atoms with E-state index in [1.54, 1.807) is 17.0 Å². The second-order valence-corrected chi connectivity index (χ2v) is 11.4. The molecule has 1 amide bonds. The van der Waals surface area contributed by atoms with Gasteiger partial charge >= 0.3 is 0 Å². The molecule has 6 heteroatoms. The van der Waals surface area contributed by atoms with Crippen LogP contribution in [-0.2, 0) is 16.8 Å². The molecule has 1 aliphatic rings. The Kier molecular flexibility index (Phi) is 8.94. The summed E-state index contributed by atoms with van der Waals surface area (Å²) in [6.45, 7) is 7.47. The first-order valence-electron chi connectivity index (χ1n) is 12.9. The van der Waals surface area contributed by atoms with Gasteiger partial charge in [-0.25, -0.2) is 4.39 Å². The number of benzene rings is 3. The van der Waals surface area contributed by atoms with Crippen molar-refractivity contribution in [2.24, 2.45) is 0 Å². The number of hydrogen-bond acceptors (Lipinski definition) is 2. The van der Waals surface area contributed by atoms with Crippen LogP contribution in [0.2, 0.25) is 10.0 Å². The van der Waals surface area contributed by atoms with Crippen LogP contribution < -0.4 is 0 Å². The van der Waals surface area contributed by atoms with Gasteiger partial charge in [-0.05, 0) is 97.8 Å². The van der Waals surface area contributed by atoms with E-state index >= 15 is 0 Å². The van der Waals surface area contributed by atoms with Crippen molar-refractivity contribution >= 4 is 29.1 Å². The van der Waals surface area contributed by atoms with Gasteiger partial charge in [-0.3, -0.25) is 4.79 Å². The maximum absolute atomic E-state index is 14.0.